The van der Waals surface area contributed by atoms with E-state index in [2.05, 4.69) is 9.73 Å². The molecule has 186 valence electrons. The molecule has 0 radical (unpaired) electrons. The maximum absolute atomic E-state index is 12.9. The zero-order valence-electron chi connectivity index (χ0n) is 18.0. The first-order valence-corrected chi connectivity index (χ1v) is 11.3. The van der Waals surface area contributed by atoms with Crippen LogP contribution < -0.4 is 15.9 Å². The monoisotopic (exact) mass is 511 g/mol. The number of ether oxygens (including phenoxy) is 2. The SMILES string of the molecule is O=C1NC(O)C(Cc2ccc(OCC(OCc3coc(=O)o3)c3ccc(C(F)(F)F)cc3)cc2)S1. The summed E-state index contributed by atoms with van der Waals surface area (Å²) in [5.41, 5.74) is 0.528. The van der Waals surface area contributed by atoms with Gasteiger partial charge in [0, 0.05) is 0 Å². The Morgan fingerprint density at radius 3 is 2.37 bits per heavy atom. The lowest BCUT2D eigenvalue weighted by molar-refractivity contribution is -0.137. The number of carbonyl (C=O) groups is 1. The van der Waals surface area contributed by atoms with E-state index in [1.54, 1.807) is 24.3 Å². The fourth-order valence-corrected chi connectivity index (χ4v) is 4.31. The number of halogens is 3. The lowest BCUT2D eigenvalue weighted by Gasteiger charge is -2.19. The Morgan fingerprint density at radius 2 is 1.80 bits per heavy atom. The molecule has 0 aliphatic carbocycles. The van der Waals surface area contributed by atoms with E-state index in [1.807, 2.05) is 0 Å². The van der Waals surface area contributed by atoms with Crippen LogP contribution in [0.25, 0.3) is 0 Å². The van der Waals surface area contributed by atoms with Gasteiger partial charge >= 0.3 is 12.0 Å². The fourth-order valence-electron chi connectivity index (χ4n) is 3.37. The van der Waals surface area contributed by atoms with Crippen LogP contribution in [0.5, 0.6) is 5.75 Å². The quantitative estimate of drug-likeness (QED) is 0.438. The van der Waals surface area contributed by atoms with Gasteiger partial charge in [0.25, 0.3) is 5.24 Å². The molecule has 3 unspecified atom stereocenters. The summed E-state index contributed by atoms with van der Waals surface area (Å²) in [5, 5.41) is 11.7. The number of thioether (sulfide) groups is 1. The topological polar surface area (TPSA) is 111 Å². The number of benzene rings is 2. The molecule has 2 N–H and O–H groups in total. The average molecular weight is 511 g/mol. The van der Waals surface area contributed by atoms with Crippen molar-refractivity contribution in [2.45, 2.75) is 36.8 Å². The number of hydrogen-bond acceptors (Lipinski definition) is 8. The molecule has 1 aromatic heterocycles. The lowest BCUT2D eigenvalue weighted by Crippen LogP contribution is -2.31. The number of alkyl halides is 3. The molecule has 12 heteroatoms. The van der Waals surface area contributed by atoms with Gasteiger partial charge in [-0.2, -0.15) is 13.2 Å². The summed E-state index contributed by atoms with van der Waals surface area (Å²) in [6.07, 6.45) is -4.60. The van der Waals surface area contributed by atoms with Gasteiger partial charge in [-0.05, 0) is 41.8 Å². The van der Waals surface area contributed by atoms with Crippen molar-refractivity contribution in [3.8, 4) is 5.75 Å². The number of hydrogen-bond donors (Lipinski definition) is 2. The van der Waals surface area contributed by atoms with Crippen molar-refractivity contribution in [2.24, 2.45) is 0 Å². The van der Waals surface area contributed by atoms with Crippen molar-refractivity contribution in [3.05, 3.63) is 87.9 Å². The van der Waals surface area contributed by atoms with Crippen LogP contribution in [0.15, 0.2) is 68.4 Å². The average Bonchev–Trinajstić information content (AvgIpc) is 3.38. The first-order valence-electron chi connectivity index (χ1n) is 10.4. The van der Waals surface area contributed by atoms with Crippen molar-refractivity contribution in [2.75, 3.05) is 6.61 Å². The lowest BCUT2D eigenvalue weighted by atomic mass is 10.1. The second kappa shape index (κ2) is 10.6. The van der Waals surface area contributed by atoms with Crippen molar-refractivity contribution in [1.82, 2.24) is 5.32 Å². The number of nitrogens with one attached hydrogen (secondary N) is 1. The minimum absolute atomic E-state index is 0.0393. The van der Waals surface area contributed by atoms with E-state index in [-0.39, 0.29) is 29.5 Å². The Balaban J connectivity index is 1.41. The standard InChI is InChI=1S/C23H20F3NO7S/c24-23(25,26)15-5-3-14(4-6-15)18(32-10-17-11-33-22(30)34-17)12-31-16-7-1-13(2-8-16)9-19-20(28)27-21(29)35-19/h1-8,11,18-20,28H,9-10,12H2,(H,27,29). The van der Waals surface area contributed by atoms with E-state index in [9.17, 15) is 27.9 Å². The molecule has 4 rings (SSSR count). The first-order chi connectivity index (χ1) is 16.7. The summed E-state index contributed by atoms with van der Waals surface area (Å²) in [6, 6.07) is 11.5. The van der Waals surface area contributed by atoms with Crippen LogP contribution in [0.3, 0.4) is 0 Å². The smallest absolute Gasteiger partial charge is 0.491 e. The highest BCUT2D eigenvalue weighted by molar-refractivity contribution is 8.14. The van der Waals surface area contributed by atoms with E-state index in [0.29, 0.717) is 17.7 Å². The van der Waals surface area contributed by atoms with Crippen molar-refractivity contribution >= 4 is 17.0 Å². The minimum atomic E-state index is -4.47. The highest BCUT2D eigenvalue weighted by atomic mass is 32.2. The molecule has 1 amide bonds. The van der Waals surface area contributed by atoms with Gasteiger partial charge in [-0.1, -0.05) is 36.0 Å². The number of aliphatic hydroxyl groups is 1. The summed E-state index contributed by atoms with van der Waals surface area (Å²) >= 11 is 1.04. The number of amides is 1. The molecule has 2 aromatic carbocycles. The van der Waals surface area contributed by atoms with Crippen LogP contribution in [0.1, 0.15) is 28.6 Å². The van der Waals surface area contributed by atoms with Gasteiger partial charge in [-0.15, -0.1) is 0 Å². The van der Waals surface area contributed by atoms with Crippen molar-refractivity contribution in [1.29, 1.82) is 0 Å². The third kappa shape index (κ3) is 6.68. The van der Waals surface area contributed by atoms with Crippen molar-refractivity contribution in [3.63, 3.8) is 0 Å². The maximum atomic E-state index is 12.9. The molecule has 3 aromatic rings. The molecule has 0 spiro atoms. The molecular formula is C23H20F3NO7S. The van der Waals surface area contributed by atoms with Gasteiger partial charge in [0.15, 0.2) is 5.76 Å². The second-order valence-electron chi connectivity index (χ2n) is 7.67. The van der Waals surface area contributed by atoms with E-state index in [4.69, 9.17) is 13.9 Å². The summed E-state index contributed by atoms with van der Waals surface area (Å²) in [4.78, 5) is 22.4. The van der Waals surface area contributed by atoms with Crippen LogP contribution in [-0.4, -0.2) is 28.4 Å². The normalized spacial score (nSPS) is 18.9. The largest absolute Gasteiger partial charge is 0.518 e. The molecule has 1 aliphatic rings. The van der Waals surface area contributed by atoms with Gasteiger partial charge in [0.2, 0.25) is 0 Å². The van der Waals surface area contributed by atoms with Crippen LogP contribution >= 0.6 is 11.8 Å². The minimum Gasteiger partial charge on any atom is -0.491 e. The highest BCUT2D eigenvalue weighted by Crippen LogP contribution is 2.31. The van der Waals surface area contributed by atoms with Gasteiger partial charge in [0.05, 0.1) is 10.8 Å². The molecule has 3 atom stereocenters. The molecular weight excluding hydrogens is 491 g/mol. The molecule has 0 bridgehead atoms. The number of rotatable bonds is 9. The van der Waals surface area contributed by atoms with Crippen LogP contribution in [-0.2, 0) is 23.9 Å². The van der Waals surface area contributed by atoms with E-state index < -0.39 is 29.9 Å². The Kier molecular flexibility index (Phi) is 7.53. The third-order valence-electron chi connectivity index (χ3n) is 5.18. The molecule has 1 fully saturated rings. The van der Waals surface area contributed by atoms with Gasteiger partial charge in [-0.25, -0.2) is 4.79 Å². The second-order valence-corrected chi connectivity index (χ2v) is 8.88. The molecule has 1 saturated heterocycles. The van der Waals surface area contributed by atoms with E-state index in [0.717, 1.165) is 35.7 Å². The Hall–Kier alpha value is -3.22. The Morgan fingerprint density at radius 1 is 1.09 bits per heavy atom. The third-order valence-corrected chi connectivity index (χ3v) is 6.23. The summed E-state index contributed by atoms with van der Waals surface area (Å²) in [7, 11) is 0. The zero-order chi connectivity index (χ0) is 25.0. The molecule has 35 heavy (non-hydrogen) atoms. The van der Waals surface area contributed by atoms with Crippen LogP contribution in [0, 0.1) is 0 Å². The van der Waals surface area contributed by atoms with E-state index in [1.165, 1.54) is 12.1 Å². The first kappa shape index (κ1) is 24.9. The van der Waals surface area contributed by atoms with Crippen molar-refractivity contribution < 1.29 is 41.4 Å². The predicted octanol–water partition coefficient (Wildman–Crippen LogP) is 4.27. The molecule has 8 nitrogen and oxygen atoms in total. The van der Waals surface area contributed by atoms with Gasteiger partial charge in [0.1, 0.15) is 37.6 Å². The summed E-state index contributed by atoms with van der Waals surface area (Å²) in [6.45, 7) is -0.198. The molecule has 0 saturated carbocycles. The number of aliphatic hydroxyl groups excluding tert-OH is 1. The maximum Gasteiger partial charge on any atom is 0.518 e. The van der Waals surface area contributed by atoms with Crippen LogP contribution in [0.4, 0.5) is 18.0 Å². The molecule has 1 aliphatic heterocycles. The number of carbonyl (C=O) groups excluding carboxylic acids is 1. The predicted molar refractivity (Wildman–Crippen MR) is 118 cm³/mol. The highest BCUT2D eigenvalue weighted by Gasteiger charge is 2.32. The zero-order valence-corrected chi connectivity index (χ0v) is 18.8. The van der Waals surface area contributed by atoms with Gasteiger partial charge < -0.3 is 28.7 Å². The van der Waals surface area contributed by atoms with Gasteiger partial charge in [-0.3, -0.25) is 4.79 Å². The van der Waals surface area contributed by atoms with E-state index >= 15 is 0 Å². The Labute approximate surface area is 201 Å². The Bertz CT molecular complexity index is 1190. The summed E-state index contributed by atoms with van der Waals surface area (Å²) in [5.74, 6) is -0.288. The summed E-state index contributed by atoms with van der Waals surface area (Å²) < 4.78 is 59.6. The molecule has 2 heterocycles. The fraction of sp³-hybridized carbons (Fsp3) is 0.304. The van der Waals surface area contributed by atoms with Crippen LogP contribution in [0.2, 0.25) is 0 Å².